The highest BCUT2D eigenvalue weighted by Crippen LogP contribution is 2.48. The van der Waals surface area contributed by atoms with E-state index in [2.05, 4.69) is 21.7 Å². The molecule has 0 bridgehead atoms. The standard InChI is InChI=1S/C19H19ClN4O2S/c20-17-9-12-5-8-26-19(18(12)27-17)6-7-21-13(10-19)14-11-24(23-22-14)15-3-1-2-4-16(15)25/h1-4,9,11,13,21,25H,5-8,10H2/t13-,19-/m0/s1. The highest BCUT2D eigenvalue weighted by Gasteiger charge is 2.44. The first kappa shape index (κ1) is 17.2. The Kier molecular flexibility index (Phi) is 4.20. The second-order valence-corrected chi connectivity index (χ2v) is 8.72. The predicted molar refractivity (Wildman–Crippen MR) is 104 cm³/mol. The number of phenolic OH excluding ortho intramolecular Hbond substituents is 1. The molecule has 0 radical (unpaired) electrons. The Morgan fingerprint density at radius 1 is 1.37 bits per heavy atom. The topological polar surface area (TPSA) is 72.2 Å². The normalized spacial score (nSPS) is 24.9. The van der Waals surface area contributed by atoms with Crippen LogP contribution in [0.2, 0.25) is 4.34 Å². The number of nitrogens with one attached hydrogen (secondary N) is 1. The first-order chi connectivity index (χ1) is 13.1. The molecule has 6 nitrogen and oxygen atoms in total. The summed E-state index contributed by atoms with van der Waals surface area (Å²) in [6.07, 6.45) is 4.50. The number of aromatic hydroxyl groups is 1. The molecule has 2 N–H and O–H groups in total. The van der Waals surface area contributed by atoms with E-state index in [-0.39, 0.29) is 17.4 Å². The van der Waals surface area contributed by atoms with Crippen LogP contribution >= 0.6 is 22.9 Å². The lowest BCUT2D eigenvalue weighted by molar-refractivity contribution is -0.0871. The van der Waals surface area contributed by atoms with E-state index in [0.29, 0.717) is 5.69 Å². The van der Waals surface area contributed by atoms with Crippen LogP contribution in [-0.4, -0.2) is 33.3 Å². The molecule has 5 rings (SSSR count). The molecule has 4 heterocycles. The molecule has 140 valence electrons. The molecule has 1 fully saturated rings. The highest BCUT2D eigenvalue weighted by molar-refractivity contribution is 7.16. The molecule has 0 aliphatic carbocycles. The van der Waals surface area contributed by atoms with Crippen molar-refractivity contribution in [3.05, 3.63) is 57.0 Å². The van der Waals surface area contributed by atoms with Crippen LogP contribution in [0.1, 0.15) is 35.0 Å². The van der Waals surface area contributed by atoms with Gasteiger partial charge in [-0.15, -0.1) is 16.4 Å². The Morgan fingerprint density at radius 3 is 3.15 bits per heavy atom. The Morgan fingerprint density at radius 2 is 2.26 bits per heavy atom. The summed E-state index contributed by atoms with van der Waals surface area (Å²) in [4.78, 5) is 1.26. The first-order valence-electron chi connectivity index (χ1n) is 9.01. The number of thiophene rings is 1. The lowest BCUT2D eigenvalue weighted by atomic mass is 9.82. The first-order valence-corrected chi connectivity index (χ1v) is 10.2. The zero-order valence-electron chi connectivity index (χ0n) is 14.6. The Labute approximate surface area is 165 Å². The number of para-hydroxylation sites is 2. The molecular formula is C19H19ClN4O2S. The maximum Gasteiger partial charge on any atom is 0.141 e. The van der Waals surface area contributed by atoms with Crippen molar-refractivity contribution in [1.29, 1.82) is 0 Å². The van der Waals surface area contributed by atoms with Crippen LogP contribution in [0.25, 0.3) is 5.69 Å². The van der Waals surface area contributed by atoms with E-state index in [1.54, 1.807) is 28.2 Å². The summed E-state index contributed by atoms with van der Waals surface area (Å²) >= 11 is 7.93. The molecule has 1 aromatic carbocycles. The minimum Gasteiger partial charge on any atom is -0.506 e. The summed E-state index contributed by atoms with van der Waals surface area (Å²) in [5.41, 5.74) is 2.47. The summed E-state index contributed by atoms with van der Waals surface area (Å²) < 4.78 is 8.76. The van der Waals surface area contributed by atoms with Gasteiger partial charge in [-0.1, -0.05) is 28.9 Å². The van der Waals surface area contributed by atoms with Gasteiger partial charge in [0.2, 0.25) is 0 Å². The van der Waals surface area contributed by atoms with E-state index in [1.165, 1.54) is 10.4 Å². The molecule has 1 spiro atoms. The van der Waals surface area contributed by atoms with Crippen LogP contribution in [0.3, 0.4) is 0 Å². The van der Waals surface area contributed by atoms with Crippen LogP contribution in [-0.2, 0) is 16.8 Å². The number of hydrogen-bond acceptors (Lipinski definition) is 6. The number of ether oxygens (including phenoxy) is 1. The van der Waals surface area contributed by atoms with Gasteiger partial charge in [-0.2, -0.15) is 0 Å². The number of aromatic nitrogens is 3. The second kappa shape index (κ2) is 6.60. The molecule has 0 unspecified atom stereocenters. The maximum absolute atomic E-state index is 10.1. The lowest BCUT2D eigenvalue weighted by Gasteiger charge is -2.43. The average molecular weight is 403 g/mol. The molecule has 8 heteroatoms. The summed E-state index contributed by atoms with van der Waals surface area (Å²) in [6.45, 7) is 1.56. The van der Waals surface area contributed by atoms with E-state index in [9.17, 15) is 5.11 Å². The number of phenols is 1. The van der Waals surface area contributed by atoms with Crippen LogP contribution in [0, 0.1) is 0 Å². The molecule has 0 amide bonds. The van der Waals surface area contributed by atoms with E-state index >= 15 is 0 Å². The molecular weight excluding hydrogens is 384 g/mol. The van der Waals surface area contributed by atoms with Crippen molar-refractivity contribution in [2.75, 3.05) is 13.2 Å². The van der Waals surface area contributed by atoms with Gasteiger partial charge in [0.05, 0.1) is 23.2 Å². The molecule has 2 aliphatic rings. The van der Waals surface area contributed by atoms with Crippen molar-refractivity contribution < 1.29 is 9.84 Å². The summed E-state index contributed by atoms with van der Waals surface area (Å²) in [5.74, 6) is 0.176. The third kappa shape index (κ3) is 2.95. The highest BCUT2D eigenvalue weighted by atomic mass is 35.5. The van der Waals surface area contributed by atoms with Gasteiger partial charge in [0.1, 0.15) is 22.7 Å². The van der Waals surface area contributed by atoms with Gasteiger partial charge in [0.25, 0.3) is 0 Å². The van der Waals surface area contributed by atoms with Gasteiger partial charge in [-0.3, -0.25) is 0 Å². The summed E-state index contributed by atoms with van der Waals surface area (Å²) in [6, 6.07) is 9.22. The van der Waals surface area contributed by atoms with Crippen LogP contribution in [0.5, 0.6) is 5.75 Å². The van der Waals surface area contributed by atoms with Crippen LogP contribution in [0.15, 0.2) is 36.5 Å². The van der Waals surface area contributed by atoms with E-state index in [1.807, 2.05) is 18.3 Å². The monoisotopic (exact) mass is 402 g/mol. The third-order valence-corrected chi connectivity index (χ3v) is 6.88. The van der Waals surface area contributed by atoms with Crippen molar-refractivity contribution in [3.8, 4) is 11.4 Å². The van der Waals surface area contributed by atoms with Gasteiger partial charge in [0, 0.05) is 11.3 Å². The molecule has 2 aromatic heterocycles. The van der Waals surface area contributed by atoms with E-state index in [0.717, 1.165) is 42.4 Å². The Balaban J connectivity index is 1.45. The second-order valence-electron chi connectivity index (χ2n) is 7.04. The maximum atomic E-state index is 10.1. The van der Waals surface area contributed by atoms with Crippen LogP contribution < -0.4 is 5.32 Å². The van der Waals surface area contributed by atoms with Crippen molar-refractivity contribution >= 4 is 22.9 Å². The van der Waals surface area contributed by atoms with Crippen molar-refractivity contribution in [1.82, 2.24) is 20.3 Å². The number of rotatable bonds is 2. The summed E-state index contributed by atoms with van der Waals surface area (Å²) in [7, 11) is 0. The molecule has 2 atom stereocenters. The zero-order valence-corrected chi connectivity index (χ0v) is 16.1. The number of piperidine rings is 1. The Bertz CT molecular complexity index is 988. The van der Waals surface area contributed by atoms with Crippen molar-refractivity contribution in [3.63, 3.8) is 0 Å². The predicted octanol–water partition coefficient (Wildman–Crippen LogP) is 3.58. The lowest BCUT2D eigenvalue weighted by Crippen LogP contribution is -2.45. The number of fused-ring (bicyclic) bond motifs is 2. The van der Waals surface area contributed by atoms with Gasteiger partial charge >= 0.3 is 0 Å². The number of benzene rings is 1. The zero-order chi connectivity index (χ0) is 18.4. The minimum absolute atomic E-state index is 0.0326. The third-order valence-electron chi connectivity index (χ3n) is 5.39. The molecule has 1 saturated heterocycles. The van der Waals surface area contributed by atoms with Gasteiger partial charge in [-0.05, 0) is 43.1 Å². The van der Waals surface area contributed by atoms with E-state index < -0.39 is 0 Å². The van der Waals surface area contributed by atoms with Gasteiger partial charge in [0.15, 0.2) is 0 Å². The number of nitrogens with zero attached hydrogens (tertiary/aromatic N) is 3. The van der Waals surface area contributed by atoms with Gasteiger partial charge < -0.3 is 15.2 Å². The van der Waals surface area contributed by atoms with Gasteiger partial charge in [-0.25, -0.2) is 4.68 Å². The fourth-order valence-electron chi connectivity index (χ4n) is 4.10. The number of halogens is 1. The largest absolute Gasteiger partial charge is 0.506 e. The smallest absolute Gasteiger partial charge is 0.141 e. The molecule has 3 aromatic rings. The fraction of sp³-hybridized carbons (Fsp3) is 0.368. The van der Waals surface area contributed by atoms with Crippen molar-refractivity contribution in [2.24, 2.45) is 0 Å². The van der Waals surface area contributed by atoms with Crippen molar-refractivity contribution in [2.45, 2.75) is 30.9 Å². The quantitative estimate of drug-likeness (QED) is 0.685. The SMILES string of the molecule is Oc1ccccc1-n1cc([C@@H]2C[C@]3(CCN2)OCCc2cc(Cl)sc23)nn1. The Hall–Kier alpha value is -1.93. The molecule has 27 heavy (non-hydrogen) atoms. The van der Waals surface area contributed by atoms with Crippen LogP contribution in [0.4, 0.5) is 0 Å². The average Bonchev–Trinajstić information content (AvgIpc) is 3.30. The number of hydrogen-bond donors (Lipinski definition) is 2. The fourth-order valence-corrected chi connectivity index (χ4v) is 5.58. The molecule has 0 saturated carbocycles. The molecule has 2 aliphatic heterocycles. The van der Waals surface area contributed by atoms with E-state index in [4.69, 9.17) is 16.3 Å². The summed E-state index contributed by atoms with van der Waals surface area (Å²) in [5, 5.41) is 22.2. The minimum atomic E-state index is -0.306.